The van der Waals surface area contributed by atoms with Crippen LogP contribution in [0.5, 0.6) is 0 Å². The van der Waals surface area contributed by atoms with Crippen LogP contribution < -0.4 is 5.73 Å². The van der Waals surface area contributed by atoms with E-state index < -0.39 is 0 Å². The Kier molecular flexibility index (Phi) is 4.57. The van der Waals surface area contributed by atoms with Crippen LogP contribution >= 0.6 is 0 Å². The van der Waals surface area contributed by atoms with Crippen LogP contribution in [-0.4, -0.2) is 38.1 Å². The molecule has 0 aliphatic heterocycles. The summed E-state index contributed by atoms with van der Waals surface area (Å²) in [6.45, 7) is 3.53. The van der Waals surface area contributed by atoms with E-state index in [2.05, 4.69) is 35.3 Å². The van der Waals surface area contributed by atoms with Gasteiger partial charge in [0.25, 0.3) is 0 Å². The van der Waals surface area contributed by atoms with Gasteiger partial charge in [-0.15, -0.1) is 0 Å². The molecule has 2 rings (SSSR count). The average molecular weight is 276 g/mol. The smallest absolute Gasteiger partial charge is 0.0670 e. The van der Waals surface area contributed by atoms with Crippen molar-refractivity contribution in [3.05, 3.63) is 35.4 Å². The molecule has 0 spiro atoms. The molecule has 110 valence electrons. The van der Waals surface area contributed by atoms with Crippen LogP contribution in [0.15, 0.2) is 18.6 Å². The zero-order valence-corrected chi connectivity index (χ0v) is 12.7. The minimum atomic E-state index is 0.179. The maximum Gasteiger partial charge on any atom is 0.0670 e. The molecular weight excluding hydrogens is 252 g/mol. The Morgan fingerprint density at radius 3 is 2.60 bits per heavy atom. The molecule has 0 radical (unpaired) electrons. The molecule has 0 saturated carbocycles. The summed E-state index contributed by atoms with van der Waals surface area (Å²) in [5.74, 6) is 0. The summed E-state index contributed by atoms with van der Waals surface area (Å²) in [6, 6.07) is 0.179. The molecule has 0 saturated heterocycles. The highest BCUT2D eigenvalue weighted by Gasteiger charge is 2.21. The molecule has 6 nitrogen and oxygen atoms in total. The van der Waals surface area contributed by atoms with Crippen molar-refractivity contribution < 1.29 is 0 Å². The minimum absolute atomic E-state index is 0.179. The first kappa shape index (κ1) is 14.7. The maximum absolute atomic E-state index is 6.00. The van der Waals surface area contributed by atoms with E-state index in [1.165, 1.54) is 11.1 Å². The maximum atomic E-state index is 6.00. The number of likely N-dealkylation sites (N-methyl/N-ethyl adjacent to an activating group) is 1. The second-order valence-electron chi connectivity index (χ2n) is 5.25. The Bertz CT molecular complexity index is 556. The van der Waals surface area contributed by atoms with Gasteiger partial charge in [0.1, 0.15) is 0 Å². The lowest BCUT2D eigenvalue weighted by Gasteiger charge is -2.26. The molecular formula is C14H24N6. The van der Waals surface area contributed by atoms with Gasteiger partial charge < -0.3 is 5.73 Å². The fourth-order valence-corrected chi connectivity index (χ4v) is 2.60. The van der Waals surface area contributed by atoms with Crippen LogP contribution in [0.3, 0.4) is 0 Å². The lowest BCUT2D eigenvalue weighted by molar-refractivity contribution is 0.240. The molecule has 0 aliphatic carbocycles. The molecule has 0 aliphatic rings. The second kappa shape index (κ2) is 6.19. The van der Waals surface area contributed by atoms with E-state index in [1.54, 1.807) is 0 Å². The van der Waals surface area contributed by atoms with E-state index in [0.717, 1.165) is 18.7 Å². The number of hydrogen-bond acceptors (Lipinski definition) is 4. The van der Waals surface area contributed by atoms with Gasteiger partial charge in [-0.1, -0.05) is 6.92 Å². The molecule has 1 unspecified atom stereocenters. The zero-order chi connectivity index (χ0) is 14.7. The topological polar surface area (TPSA) is 64.9 Å². The first-order valence-electron chi connectivity index (χ1n) is 6.95. The molecule has 2 aromatic heterocycles. The summed E-state index contributed by atoms with van der Waals surface area (Å²) < 4.78 is 3.69. The third kappa shape index (κ3) is 3.08. The highest BCUT2D eigenvalue weighted by Crippen LogP contribution is 2.23. The second-order valence-corrected chi connectivity index (χ2v) is 5.25. The molecule has 2 N–H and O–H groups in total. The minimum Gasteiger partial charge on any atom is -0.329 e. The number of nitrogens with zero attached hydrogens (tertiary/aromatic N) is 5. The molecule has 0 fully saturated rings. The van der Waals surface area contributed by atoms with Gasteiger partial charge in [0.2, 0.25) is 0 Å². The Balaban J connectivity index is 2.18. The number of aromatic nitrogens is 4. The Hall–Kier alpha value is -1.66. The Morgan fingerprint density at radius 1 is 1.30 bits per heavy atom. The molecule has 0 amide bonds. The van der Waals surface area contributed by atoms with Gasteiger partial charge >= 0.3 is 0 Å². The van der Waals surface area contributed by atoms with Crippen LogP contribution in [0.25, 0.3) is 0 Å². The summed E-state index contributed by atoms with van der Waals surface area (Å²) >= 11 is 0. The predicted octanol–water partition coefficient (Wildman–Crippen LogP) is 0.848. The van der Waals surface area contributed by atoms with Gasteiger partial charge in [-0.3, -0.25) is 14.3 Å². The van der Waals surface area contributed by atoms with Gasteiger partial charge in [0.15, 0.2) is 0 Å². The average Bonchev–Trinajstić information content (AvgIpc) is 2.96. The first-order valence-corrected chi connectivity index (χ1v) is 6.95. The number of hydrogen-bond donors (Lipinski definition) is 1. The van der Waals surface area contributed by atoms with Crippen molar-refractivity contribution in [3.8, 4) is 0 Å². The highest BCUT2D eigenvalue weighted by atomic mass is 15.3. The van der Waals surface area contributed by atoms with E-state index in [-0.39, 0.29) is 6.04 Å². The summed E-state index contributed by atoms with van der Waals surface area (Å²) in [6.07, 6.45) is 6.94. The summed E-state index contributed by atoms with van der Waals surface area (Å²) in [5.41, 5.74) is 9.54. The van der Waals surface area contributed by atoms with E-state index in [1.807, 2.05) is 35.9 Å². The lowest BCUT2D eigenvalue weighted by Crippen LogP contribution is -2.30. The Labute approximate surface area is 120 Å². The van der Waals surface area contributed by atoms with Crippen molar-refractivity contribution in [2.75, 3.05) is 13.6 Å². The monoisotopic (exact) mass is 276 g/mol. The highest BCUT2D eigenvalue weighted by molar-refractivity contribution is 5.22. The predicted molar refractivity (Wildman–Crippen MR) is 79.1 cm³/mol. The molecule has 2 heterocycles. The normalized spacial score (nSPS) is 13.1. The van der Waals surface area contributed by atoms with Crippen LogP contribution in [0.1, 0.15) is 29.8 Å². The first-order chi connectivity index (χ1) is 9.55. The standard InChI is InChI=1S/C14H24N6/c1-5-13-12(10-20(4)17-13)14(6-15)18(2)8-11-7-16-19(3)9-11/h7,9-10,14H,5-6,8,15H2,1-4H3. The fraction of sp³-hybridized carbons (Fsp3) is 0.571. The van der Waals surface area contributed by atoms with Crippen LogP contribution in [-0.2, 0) is 27.1 Å². The summed E-state index contributed by atoms with van der Waals surface area (Å²) in [7, 11) is 5.98. The van der Waals surface area contributed by atoms with Gasteiger partial charge in [-0.25, -0.2) is 0 Å². The third-order valence-corrected chi connectivity index (χ3v) is 3.58. The van der Waals surface area contributed by atoms with Gasteiger partial charge in [0.05, 0.1) is 17.9 Å². The summed E-state index contributed by atoms with van der Waals surface area (Å²) in [4.78, 5) is 2.26. The van der Waals surface area contributed by atoms with Crippen molar-refractivity contribution >= 4 is 0 Å². The van der Waals surface area contributed by atoms with Crippen molar-refractivity contribution in [1.82, 2.24) is 24.5 Å². The van der Waals surface area contributed by atoms with E-state index in [4.69, 9.17) is 5.73 Å². The number of rotatable bonds is 6. The third-order valence-electron chi connectivity index (χ3n) is 3.58. The number of aryl methyl sites for hydroxylation is 3. The molecule has 6 heteroatoms. The van der Waals surface area contributed by atoms with Gasteiger partial charge in [-0.2, -0.15) is 10.2 Å². The van der Waals surface area contributed by atoms with Crippen molar-refractivity contribution in [1.29, 1.82) is 0 Å². The van der Waals surface area contributed by atoms with Gasteiger partial charge in [0, 0.05) is 50.7 Å². The largest absolute Gasteiger partial charge is 0.329 e. The molecule has 20 heavy (non-hydrogen) atoms. The molecule has 0 aromatic carbocycles. The van der Waals surface area contributed by atoms with Crippen molar-refractivity contribution in [3.63, 3.8) is 0 Å². The zero-order valence-electron chi connectivity index (χ0n) is 12.7. The van der Waals surface area contributed by atoms with E-state index in [9.17, 15) is 0 Å². The summed E-state index contributed by atoms with van der Waals surface area (Å²) in [5, 5.41) is 8.72. The lowest BCUT2D eigenvalue weighted by atomic mass is 10.0. The fourth-order valence-electron chi connectivity index (χ4n) is 2.60. The van der Waals surface area contributed by atoms with E-state index >= 15 is 0 Å². The van der Waals surface area contributed by atoms with E-state index in [0.29, 0.717) is 6.54 Å². The van der Waals surface area contributed by atoms with Crippen molar-refractivity contribution in [2.24, 2.45) is 19.8 Å². The molecule has 1 atom stereocenters. The van der Waals surface area contributed by atoms with Crippen LogP contribution in [0, 0.1) is 0 Å². The van der Waals surface area contributed by atoms with Crippen molar-refractivity contribution in [2.45, 2.75) is 25.9 Å². The van der Waals surface area contributed by atoms with Crippen LogP contribution in [0.4, 0.5) is 0 Å². The number of nitrogens with two attached hydrogens (primary N) is 1. The molecule has 2 aromatic rings. The molecule has 0 bridgehead atoms. The van der Waals surface area contributed by atoms with Crippen LogP contribution in [0.2, 0.25) is 0 Å². The van der Waals surface area contributed by atoms with Gasteiger partial charge in [-0.05, 0) is 13.5 Å². The Morgan fingerprint density at radius 2 is 2.05 bits per heavy atom. The SMILES string of the molecule is CCc1nn(C)cc1C(CN)N(C)Cc1cnn(C)c1. The quantitative estimate of drug-likeness (QED) is 0.849.